The third kappa shape index (κ3) is 3.81. The van der Waals surface area contributed by atoms with Crippen molar-refractivity contribution in [3.63, 3.8) is 0 Å². The van der Waals surface area contributed by atoms with Crippen LogP contribution in [0.1, 0.15) is 17.7 Å². The van der Waals surface area contributed by atoms with Crippen LogP contribution >= 0.6 is 11.3 Å². The van der Waals surface area contributed by atoms with Gasteiger partial charge in [-0.2, -0.15) is 4.39 Å². The van der Waals surface area contributed by atoms with E-state index in [-0.39, 0.29) is 35.0 Å². The molecule has 150 valence electrons. The van der Waals surface area contributed by atoms with Crippen LogP contribution in [0.15, 0.2) is 48.6 Å². The first-order chi connectivity index (χ1) is 14.0. The molecule has 0 aliphatic heterocycles. The Morgan fingerprint density at radius 1 is 0.862 bits per heavy atom. The van der Waals surface area contributed by atoms with Crippen LogP contribution < -0.4 is 4.74 Å². The van der Waals surface area contributed by atoms with E-state index in [1.54, 1.807) is 12.1 Å². The van der Waals surface area contributed by atoms with E-state index in [4.69, 9.17) is 4.74 Å². The summed E-state index contributed by atoms with van der Waals surface area (Å²) in [6, 6.07) is 8.62. The lowest BCUT2D eigenvalue weighted by atomic mass is 10.0. The highest BCUT2D eigenvalue weighted by Gasteiger charge is 2.22. The van der Waals surface area contributed by atoms with Gasteiger partial charge in [-0.15, -0.1) is 11.3 Å². The summed E-state index contributed by atoms with van der Waals surface area (Å²) in [4.78, 5) is 1.53. The standard InChI is InChI=1S/C23H18F4OS/c1-13-6-11-19(29-13)17-8-7-15(20(24)22(17)26)16-9-10-18(23(27)21(16)25)28-12-14-4-2-3-5-14/h2,4,6-11,14H,3,5,12H2,1H3. The highest BCUT2D eigenvalue weighted by atomic mass is 32.1. The Hall–Kier alpha value is -2.60. The van der Waals surface area contributed by atoms with Crippen molar-refractivity contribution in [2.75, 3.05) is 6.61 Å². The maximum absolute atomic E-state index is 14.7. The maximum atomic E-state index is 14.7. The molecule has 0 saturated carbocycles. The van der Waals surface area contributed by atoms with Crippen molar-refractivity contribution < 1.29 is 22.3 Å². The molecule has 0 radical (unpaired) electrons. The Labute approximate surface area is 170 Å². The Morgan fingerprint density at radius 3 is 2.17 bits per heavy atom. The van der Waals surface area contributed by atoms with E-state index in [1.807, 2.05) is 19.1 Å². The Morgan fingerprint density at radius 2 is 1.52 bits per heavy atom. The van der Waals surface area contributed by atoms with Gasteiger partial charge in [-0.25, -0.2) is 13.2 Å². The first-order valence-corrected chi connectivity index (χ1v) is 10.1. The number of ether oxygens (including phenoxy) is 1. The van der Waals surface area contributed by atoms with Crippen LogP contribution in [0.2, 0.25) is 0 Å². The first kappa shape index (κ1) is 19.7. The summed E-state index contributed by atoms with van der Waals surface area (Å²) in [5, 5.41) is 0. The van der Waals surface area contributed by atoms with Crippen LogP contribution in [-0.2, 0) is 0 Å². The average Bonchev–Trinajstić information content (AvgIpc) is 3.37. The molecule has 1 aliphatic carbocycles. The number of hydrogen-bond acceptors (Lipinski definition) is 2. The second-order valence-corrected chi connectivity index (χ2v) is 8.30. The fourth-order valence-corrected chi connectivity index (χ4v) is 4.30. The molecule has 0 fully saturated rings. The molecule has 29 heavy (non-hydrogen) atoms. The van der Waals surface area contributed by atoms with Crippen LogP contribution in [0, 0.1) is 36.1 Å². The maximum Gasteiger partial charge on any atom is 0.201 e. The summed E-state index contributed by atoms with van der Waals surface area (Å²) in [5.74, 6) is -4.84. The van der Waals surface area contributed by atoms with Gasteiger partial charge in [0.05, 0.1) is 6.61 Å². The summed E-state index contributed by atoms with van der Waals surface area (Å²) >= 11 is 1.33. The monoisotopic (exact) mass is 418 g/mol. The molecule has 0 N–H and O–H groups in total. The second-order valence-electron chi connectivity index (χ2n) is 7.01. The fraction of sp³-hybridized carbons (Fsp3) is 0.217. The third-order valence-corrected chi connectivity index (χ3v) is 6.02. The zero-order chi connectivity index (χ0) is 20.5. The smallest absolute Gasteiger partial charge is 0.201 e. The van der Waals surface area contributed by atoms with Gasteiger partial charge in [-0.3, -0.25) is 0 Å². The van der Waals surface area contributed by atoms with Gasteiger partial charge >= 0.3 is 0 Å². The predicted octanol–water partition coefficient (Wildman–Crippen LogP) is 7.29. The molecule has 1 heterocycles. The van der Waals surface area contributed by atoms with Crippen molar-refractivity contribution in [1.29, 1.82) is 0 Å². The van der Waals surface area contributed by atoms with E-state index in [9.17, 15) is 17.6 Å². The van der Waals surface area contributed by atoms with Crippen molar-refractivity contribution >= 4 is 11.3 Å². The molecule has 1 aromatic heterocycles. The highest BCUT2D eigenvalue weighted by Crippen LogP contribution is 2.37. The molecule has 1 unspecified atom stereocenters. The second kappa shape index (κ2) is 8.03. The van der Waals surface area contributed by atoms with Crippen LogP contribution in [0.4, 0.5) is 17.6 Å². The number of thiophene rings is 1. The van der Waals surface area contributed by atoms with Gasteiger partial charge in [0.2, 0.25) is 5.82 Å². The lowest BCUT2D eigenvalue weighted by Crippen LogP contribution is -2.09. The van der Waals surface area contributed by atoms with Gasteiger partial charge in [0.25, 0.3) is 0 Å². The molecule has 4 rings (SSSR count). The van der Waals surface area contributed by atoms with Crippen LogP contribution in [0.5, 0.6) is 5.75 Å². The number of allylic oxidation sites excluding steroid dienone is 1. The molecule has 0 spiro atoms. The molecule has 3 aromatic rings. The minimum absolute atomic E-state index is 0.0924. The molecule has 2 aromatic carbocycles. The lowest BCUT2D eigenvalue weighted by Gasteiger charge is -2.14. The number of aryl methyl sites for hydroxylation is 1. The van der Waals surface area contributed by atoms with E-state index < -0.39 is 23.3 Å². The normalized spacial score (nSPS) is 15.8. The molecule has 0 saturated heterocycles. The van der Waals surface area contributed by atoms with Gasteiger partial charge in [0.1, 0.15) is 0 Å². The highest BCUT2D eigenvalue weighted by molar-refractivity contribution is 7.15. The minimum Gasteiger partial charge on any atom is -0.490 e. The molecule has 1 nitrogen and oxygen atoms in total. The van der Waals surface area contributed by atoms with E-state index in [0.29, 0.717) is 4.88 Å². The van der Waals surface area contributed by atoms with E-state index in [0.717, 1.165) is 17.7 Å². The first-order valence-electron chi connectivity index (χ1n) is 9.28. The van der Waals surface area contributed by atoms with E-state index >= 15 is 0 Å². The van der Waals surface area contributed by atoms with Crippen LogP contribution in [0.3, 0.4) is 0 Å². The quantitative estimate of drug-likeness (QED) is 0.312. The number of rotatable bonds is 5. The van der Waals surface area contributed by atoms with Crippen molar-refractivity contribution in [3.05, 3.63) is 76.7 Å². The molecular weight excluding hydrogens is 400 g/mol. The molecule has 6 heteroatoms. The third-order valence-electron chi connectivity index (χ3n) is 4.99. The van der Waals surface area contributed by atoms with Gasteiger partial charge in [-0.05, 0) is 50.1 Å². The molecule has 1 aliphatic rings. The minimum atomic E-state index is -1.26. The topological polar surface area (TPSA) is 9.23 Å². The van der Waals surface area contributed by atoms with Crippen LogP contribution in [-0.4, -0.2) is 6.61 Å². The summed E-state index contributed by atoms with van der Waals surface area (Å²) in [6.45, 7) is 2.10. The van der Waals surface area contributed by atoms with Crippen molar-refractivity contribution in [2.24, 2.45) is 5.92 Å². The SMILES string of the molecule is Cc1ccc(-c2ccc(-c3ccc(OCC4C=CCC4)c(F)c3F)c(F)c2F)s1. The number of benzene rings is 2. The zero-order valence-corrected chi connectivity index (χ0v) is 16.5. The van der Waals surface area contributed by atoms with Crippen molar-refractivity contribution in [2.45, 2.75) is 19.8 Å². The van der Waals surface area contributed by atoms with Gasteiger partial charge in [0.15, 0.2) is 23.2 Å². The summed E-state index contributed by atoms with van der Waals surface area (Å²) in [5.41, 5.74) is -0.586. The Kier molecular flexibility index (Phi) is 5.46. The fourth-order valence-electron chi connectivity index (χ4n) is 3.41. The molecule has 0 amide bonds. The largest absolute Gasteiger partial charge is 0.490 e. The molecule has 1 atom stereocenters. The van der Waals surface area contributed by atoms with Gasteiger partial charge in [-0.1, -0.05) is 18.2 Å². The van der Waals surface area contributed by atoms with E-state index in [1.165, 1.54) is 35.6 Å². The molecular formula is C23H18F4OS. The van der Waals surface area contributed by atoms with Crippen molar-refractivity contribution in [3.8, 4) is 27.3 Å². The summed E-state index contributed by atoms with van der Waals surface area (Å²) in [6.07, 6.45) is 5.85. The van der Waals surface area contributed by atoms with Gasteiger partial charge in [0, 0.05) is 32.4 Å². The van der Waals surface area contributed by atoms with Crippen LogP contribution in [0.25, 0.3) is 21.6 Å². The lowest BCUT2D eigenvalue weighted by molar-refractivity contribution is 0.258. The number of hydrogen-bond donors (Lipinski definition) is 0. The van der Waals surface area contributed by atoms with Crippen molar-refractivity contribution in [1.82, 2.24) is 0 Å². The summed E-state index contributed by atoms with van der Waals surface area (Å²) in [7, 11) is 0. The summed E-state index contributed by atoms with van der Waals surface area (Å²) < 4.78 is 63.8. The predicted molar refractivity (Wildman–Crippen MR) is 107 cm³/mol. The Balaban J connectivity index is 1.65. The van der Waals surface area contributed by atoms with Gasteiger partial charge < -0.3 is 4.74 Å². The number of halogens is 4. The zero-order valence-electron chi connectivity index (χ0n) is 15.6. The molecule has 0 bridgehead atoms. The van der Waals surface area contributed by atoms with E-state index in [2.05, 4.69) is 0 Å². The average molecular weight is 418 g/mol. The Bertz CT molecular complexity index is 1090.